The van der Waals surface area contributed by atoms with Gasteiger partial charge >= 0.3 is 0 Å². The van der Waals surface area contributed by atoms with E-state index in [1.807, 2.05) is 0 Å². The van der Waals surface area contributed by atoms with E-state index in [1.54, 1.807) is 7.05 Å². The number of hydrogen-bond donors (Lipinski definition) is 0. The number of nitrogens with zero attached hydrogens (tertiary/aromatic N) is 2. The van der Waals surface area contributed by atoms with Crippen molar-refractivity contribution in [1.29, 1.82) is 0 Å². The third-order valence-corrected chi connectivity index (χ3v) is 2.18. The van der Waals surface area contributed by atoms with Crippen LogP contribution in [-0.4, -0.2) is 18.1 Å². The summed E-state index contributed by atoms with van der Waals surface area (Å²) in [5.74, 6) is -0.647. The highest BCUT2D eigenvalue weighted by Crippen LogP contribution is 2.15. The molecule has 1 amide bonds. The van der Waals surface area contributed by atoms with Crippen LogP contribution in [0.25, 0.3) is 0 Å². The Hall–Kier alpha value is -2.17. The minimum Gasteiger partial charge on any atom is -0.364 e. The van der Waals surface area contributed by atoms with Gasteiger partial charge in [-0.1, -0.05) is 5.16 Å². The normalized spacial score (nSPS) is 10.1. The Morgan fingerprint density at radius 3 is 2.56 bits per heavy atom. The SMILES string of the molecule is CN(C(=O)c1ccon1)c1ccc(F)cc1. The van der Waals surface area contributed by atoms with Gasteiger partial charge in [0.1, 0.15) is 12.1 Å². The van der Waals surface area contributed by atoms with Gasteiger partial charge < -0.3 is 9.42 Å². The lowest BCUT2D eigenvalue weighted by molar-refractivity contribution is 0.0984. The Kier molecular flexibility index (Phi) is 2.68. The van der Waals surface area contributed by atoms with Gasteiger partial charge in [-0.2, -0.15) is 0 Å². The van der Waals surface area contributed by atoms with Gasteiger partial charge in [0.15, 0.2) is 5.69 Å². The van der Waals surface area contributed by atoms with Crippen LogP contribution in [0.3, 0.4) is 0 Å². The lowest BCUT2D eigenvalue weighted by atomic mass is 10.2. The number of amides is 1. The number of anilines is 1. The van der Waals surface area contributed by atoms with E-state index in [4.69, 9.17) is 0 Å². The minimum absolute atomic E-state index is 0.215. The molecule has 0 N–H and O–H groups in total. The number of carbonyl (C=O) groups is 1. The molecule has 0 saturated carbocycles. The molecule has 4 nitrogen and oxygen atoms in total. The molecule has 0 bridgehead atoms. The highest BCUT2D eigenvalue weighted by molar-refractivity contribution is 6.04. The summed E-state index contributed by atoms with van der Waals surface area (Å²) in [6.45, 7) is 0. The van der Waals surface area contributed by atoms with Gasteiger partial charge in [0.2, 0.25) is 0 Å². The Morgan fingerprint density at radius 2 is 2.00 bits per heavy atom. The second-order valence-electron chi connectivity index (χ2n) is 3.23. The monoisotopic (exact) mass is 220 g/mol. The van der Waals surface area contributed by atoms with E-state index in [1.165, 1.54) is 41.5 Å². The number of hydrogen-bond acceptors (Lipinski definition) is 3. The van der Waals surface area contributed by atoms with Gasteiger partial charge in [0.25, 0.3) is 5.91 Å². The fourth-order valence-corrected chi connectivity index (χ4v) is 1.28. The van der Waals surface area contributed by atoms with Crippen molar-refractivity contribution in [3.05, 3.63) is 48.1 Å². The van der Waals surface area contributed by atoms with E-state index in [9.17, 15) is 9.18 Å². The summed E-state index contributed by atoms with van der Waals surface area (Å²) >= 11 is 0. The van der Waals surface area contributed by atoms with Gasteiger partial charge in [-0.3, -0.25) is 4.79 Å². The van der Waals surface area contributed by atoms with Crippen molar-refractivity contribution in [2.75, 3.05) is 11.9 Å². The molecule has 0 fully saturated rings. The lowest BCUT2D eigenvalue weighted by Crippen LogP contribution is -2.26. The molecule has 82 valence electrons. The zero-order valence-electron chi connectivity index (χ0n) is 8.55. The van der Waals surface area contributed by atoms with E-state index >= 15 is 0 Å². The molecule has 0 unspecified atom stereocenters. The van der Waals surface area contributed by atoms with E-state index in [-0.39, 0.29) is 17.4 Å². The molecular formula is C11H9FN2O2. The number of rotatable bonds is 2. The van der Waals surface area contributed by atoms with Crippen LogP contribution in [0.2, 0.25) is 0 Å². The summed E-state index contributed by atoms with van der Waals surface area (Å²) < 4.78 is 17.3. The van der Waals surface area contributed by atoms with E-state index in [2.05, 4.69) is 9.68 Å². The highest BCUT2D eigenvalue weighted by Gasteiger charge is 2.15. The molecule has 5 heteroatoms. The molecule has 0 spiro atoms. The van der Waals surface area contributed by atoms with Crippen LogP contribution in [0.5, 0.6) is 0 Å². The summed E-state index contributed by atoms with van der Waals surface area (Å²) in [6.07, 6.45) is 1.33. The fraction of sp³-hybridized carbons (Fsp3) is 0.0909. The Labute approximate surface area is 91.3 Å². The molecule has 1 aromatic carbocycles. The predicted octanol–water partition coefficient (Wildman–Crippen LogP) is 2.09. The molecule has 16 heavy (non-hydrogen) atoms. The molecular weight excluding hydrogens is 211 g/mol. The van der Waals surface area contributed by atoms with Crippen LogP contribution in [0.4, 0.5) is 10.1 Å². The first kappa shape index (κ1) is 10.4. The van der Waals surface area contributed by atoms with E-state index in [0.29, 0.717) is 5.69 Å². The molecule has 2 aromatic rings. The second-order valence-corrected chi connectivity index (χ2v) is 3.23. The van der Waals surface area contributed by atoms with Crippen LogP contribution in [0.1, 0.15) is 10.5 Å². The summed E-state index contributed by atoms with van der Waals surface area (Å²) in [5, 5.41) is 3.54. The number of aromatic nitrogens is 1. The van der Waals surface area contributed by atoms with Crippen molar-refractivity contribution in [3.63, 3.8) is 0 Å². The standard InChI is InChI=1S/C11H9FN2O2/c1-14(9-4-2-8(12)3-5-9)11(15)10-6-7-16-13-10/h2-7H,1H3. The van der Waals surface area contributed by atoms with Crippen LogP contribution in [-0.2, 0) is 0 Å². The molecule has 0 saturated heterocycles. The van der Waals surface area contributed by atoms with Gasteiger partial charge in [0.05, 0.1) is 0 Å². The number of carbonyl (C=O) groups excluding carboxylic acids is 1. The Morgan fingerprint density at radius 1 is 1.31 bits per heavy atom. The molecule has 0 aliphatic carbocycles. The van der Waals surface area contributed by atoms with Gasteiger partial charge in [0, 0.05) is 18.8 Å². The van der Waals surface area contributed by atoms with Gasteiger partial charge in [-0.25, -0.2) is 4.39 Å². The van der Waals surface area contributed by atoms with Crippen molar-refractivity contribution in [2.24, 2.45) is 0 Å². The predicted molar refractivity (Wildman–Crippen MR) is 55.6 cm³/mol. The maximum atomic E-state index is 12.7. The molecule has 0 aliphatic rings. The average Bonchev–Trinajstić information content (AvgIpc) is 2.81. The Bertz CT molecular complexity index is 479. The first-order chi connectivity index (χ1) is 7.68. The maximum absolute atomic E-state index is 12.7. The molecule has 2 rings (SSSR count). The molecule has 1 heterocycles. The van der Waals surface area contributed by atoms with E-state index in [0.717, 1.165) is 0 Å². The summed E-state index contributed by atoms with van der Waals surface area (Å²) in [6, 6.07) is 7.10. The lowest BCUT2D eigenvalue weighted by Gasteiger charge is -2.15. The highest BCUT2D eigenvalue weighted by atomic mass is 19.1. The van der Waals surface area contributed by atoms with Crippen LogP contribution >= 0.6 is 0 Å². The van der Waals surface area contributed by atoms with Gasteiger partial charge in [-0.15, -0.1) is 0 Å². The molecule has 0 aliphatic heterocycles. The third kappa shape index (κ3) is 1.93. The smallest absolute Gasteiger partial charge is 0.280 e. The second kappa shape index (κ2) is 4.14. The van der Waals surface area contributed by atoms with Crippen molar-refractivity contribution in [3.8, 4) is 0 Å². The van der Waals surface area contributed by atoms with Gasteiger partial charge in [-0.05, 0) is 24.3 Å². The largest absolute Gasteiger partial charge is 0.364 e. The first-order valence-corrected chi connectivity index (χ1v) is 4.62. The molecule has 1 aromatic heterocycles. The van der Waals surface area contributed by atoms with E-state index < -0.39 is 0 Å². The molecule has 0 atom stereocenters. The zero-order chi connectivity index (χ0) is 11.5. The van der Waals surface area contributed by atoms with Crippen molar-refractivity contribution < 1.29 is 13.7 Å². The first-order valence-electron chi connectivity index (χ1n) is 4.62. The van der Waals surface area contributed by atoms with Crippen LogP contribution in [0.15, 0.2) is 41.1 Å². The van der Waals surface area contributed by atoms with Crippen LogP contribution in [0, 0.1) is 5.82 Å². The maximum Gasteiger partial charge on any atom is 0.280 e. The summed E-state index contributed by atoms with van der Waals surface area (Å²) in [5.41, 5.74) is 0.807. The number of benzene rings is 1. The quantitative estimate of drug-likeness (QED) is 0.778. The van der Waals surface area contributed by atoms with Crippen molar-refractivity contribution in [1.82, 2.24) is 5.16 Å². The zero-order valence-corrected chi connectivity index (χ0v) is 8.55. The third-order valence-electron chi connectivity index (χ3n) is 2.18. The van der Waals surface area contributed by atoms with Crippen molar-refractivity contribution >= 4 is 11.6 Å². The fourth-order valence-electron chi connectivity index (χ4n) is 1.28. The topological polar surface area (TPSA) is 46.3 Å². The summed E-state index contributed by atoms with van der Waals surface area (Å²) in [4.78, 5) is 13.2. The molecule has 0 radical (unpaired) electrons. The minimum atomic E-state index is -0.342. The number of halogens is 1. The Balaban J connectivity index is 2.22. The van der Waals surface area contributed by atoms with Crippen molar-refractivity contribution in [2.45, 2.75) is 0 Å². The van der Waals surface area contributed by atoms with Crippen LogP contribution < -0.4 is 4.90 Å². The average molecular weight is 220 g/mol. The summed E-state index contributed by atoms with van der Waals surface area (Å²) in [7, 11) is 1.59.